The molecule has 0 atom stereocenters. The number of aromatic nitrogens is 4. The molecule has 29 heavy (non-hydrogen) atoms. The molecule has 1 aromatic carbocycles. The Morgan fingerprint density at radius 2 is 2.07 bits per heavy atom. The van der Waals surface area contributed by atoms with E-state index in [1.165, 1.54) is 0 Å². The van der Waals surface area contributed by atoms with Crippen LogP contribution in [0.3, 0.4) is 0 Å². The highest BCUT2D eigenvalue weighted by Gasteiger charge is 2.14. The summed E-state index contributed by atoms with van der Waals surface area (Å²) >= 11 is 1.63. The highest BCUT2D eigenvalue weighted by Crippen LogP contribution is 2.26. The molecule has 0 bridgehead atoms. The maximum Gasteiger partial charge on any atom is 0.251 e. The van der Waals surface area contributed by atoms with Gasteiger partial charge in [0.2, 0.25) is 0 Å². The number of thioether (sulfide) groups is 1. The van der Waals surface area contributed by atoms with Gasteiger partial charge < -0.3 is 10.6 Å². The van der Waals surface area contributed by atoms with E-state index in [0.29, 0.717) is 23.9 Å². The highest BCUT2D eigenvalue weighted by molar-refractivity contribution is 7.99. The molecule has 0 saturated carbocycles. The highest BCUT2D eigenvalue weighted by atomic mass is 32.2. The van der Waals surface area contributed by atoms with Gasteiger partial charge in [-0.1, -0.05) is 50.2 Å². The van der Waals surface area contributed by atoms with Crippen LogP contribution in [0, 0.1) is 6.92 Å². The maximum absolute atomic E-state index is 12.4. The van der Waals surface area contributed by atoms with E-state index in [0.717, 1.165) is 40.5 Å². The summed E-state index contributed by atoms with van der Waals surface area (Å²) in [5, 5.41) is 12.8. The molecule has 0 radical (unpaired) electrons. The average molecular weight is 413 g/mol. The number of hydrogen-bond donors (Lipinski definition) is 2. The average Bonchev–Trinajstić information content (AvgIpc) is 3.08. The van der Waals surface area contributed by atoms with Crippen LogP contribution in [-0.4, -0.2) is 44.0 Å². The van der Waals surface area contributed by atoms with Gasteiger partial charge in [-0.2, -0.15) is 5.10 Å². The number of hydrogen-bond acceptors (Lipinski definition) is 6. The summed E-state index contributed by atoms with van der Waals surface area (Å²) in [5.74, 6) is 0.733. The van der Waals surface area contributed by atoms with Crippen LogP contribution < -0.4 is 10.6 Å². The lowest BCUT2D eigenvalue weighted by molar-refractivity contribution is 0.0952. The lowest BCUT2D eigenvalue weighted by Gasteiger charge is -2.10. The van der Waals surface area contributed by atoms with E-state index < -0.39 is 0 Å². The Bertz CT molecular complexity index is 984. The first-order chi connectivity index (χ1) is 14.0. The third-order valence-electron chi connectivity index (χ3n) is 4.25. The molecular weight excluding hydrogens is 384 g/mol. The van der Waals surface area contributed by atoms with Crippen molar-refractivity contribution in [2.75, 3.05) is 18.4 Å². The molecule has 8 heteroatoms. The zero-order valence-electron chi connectivity index (χ0n) is 17.4. The predicted molar refractivity (Wildman–Crippen MR) is 119 cm³/mol. The van der Waals surface area contributed by atoms with Crippen molar-refractivity contribution in [2.24, 2.45) is 0 Å². The van der Waals surface area contributed by atoms with Crippen molar-refractivity contribution in [3.05, 3.63) is 41.6 Å². The second kappa shape index (κ2) is 9.73. The molecule has 0 saturated heterocycles. The fourth-order valence-corrected chi connectivity index (χ4v) is 3.61. The maximum atomic E-state index is 12.4. The Morgan fingerprint density at radius 1 is 1.24 bits per heavy atom. The Kier molecular flexibility index (Phi) is 7.09. The first-order valence-corrected chi connectivity index (χ1v) is 10.8. The van der Waals surface area contributed by atoms with Crippen molar-refractivity contribution in [3.63, 3.8) is 0 Å². The first-order valence-electron chi connectivity index (χ1n) is 9.97. The SMILES string of the molecule is CCCNc1nc(SC(C)C)nc2c1cnn2CCNC(=O)c1cccc(C)c1. The fourth-order valence-electron chi connectivity index (χ4n) is 2.90. The second-order valence-electron chi connectivity index (χ2n) is 7.18. The van der Waals surface area contributed by atoms with Gasteiger partial charge in [0.15, 0.2) is 10.8 Å². The molecule has 0 aliphatic rings. The topological polar surface area (TPSA) is 84.7 Å². The molecule has 2 N–H and O–H groups in total. The van der Waals surface area contributed by atoms with Crippen molar-refractivity contribution in [1.29, 1.82) is 0 Å². The van der Waals surface area contributed by atoms with E-state index in [1.807, 2.05) is 35.9 Å². The molecule has 154 valence electrons. The zero-order chi connectivity index (χ0) is 20.8. The van der Waals surface area contributed by atoms with Crippen molar-refractivity contribution in [3.8, 4) is 0 Å². The van der Waals surface area contributed by atoms with E-state index >= 15 is 0 Å². The van der Waals surface area contributed by atoms with Crippen LogP contribution in [0.4, 0.5) is 5.82 Å². The van der Waals surface area contributed by atoms with Crippen LogP contribution in [0.5, 0.6) is 0 Å². The lowest BCUT2D eigenvalue weighted by Crippen LogP contribution is -2.27. The molecule has 0 fully saturated rings. The van der Waals surface area contributed by atoms with E-state index in [2.05, 4.69) is 41.5 Å². The summed E-state index contributed by atoms with van der Waals surface area (Å²) in [6.45, 7) is 10.2. The smallest absolute Gasteiger partial charge is 0.251 e. The minimum absolute atomic E-state index is 0.0823. The molecule has 0 aliphatic heterocycles. The van der Waals surface area contributed by atoms with Crippen molar-refractivity contribution in [2.45, 2.75) is 51.1 Å². The van der Waals surface area contributed by atoms with Crippen LogP contribution in [-0.2, 0) is 6.54 Å². The Balaban J connectivity index is 1.75. The zero-order valence-corrected chi connectivity index (χ0v) is 18.2. The molecule has 0 unspecified atom stereocenters. The summed E-state index contributed by atoms with van der Waals surface area (Å²) < 4.78 is 1.83. The summed E-state index contributed by atoms with van der Waals surface area (Å²) in [5.41, 5.74) is 2.51. The van der Waals surface area contributed by atoms with Gasteiger partial charge in [-0.25, -0.2) is 14.6 Å². The minimum atomic E-state index is -0.0823. The molecule has 0 aliphatic carbocycles. The van der Waals surface area contributed by atoms with Gasteiger partial charge in [0, 0.05) is 23.9 Å². The van der Waals surface area contributed by atoms with Gasteiger partial charge in [-0.3, -0.25) is 4.79 Å². The van der Waals surface area contributed by atoms with Gasteiger partial charge in [0.05, 0.1) is 18.1 Å². The Labute approximate surface area is 175 Å². The Morgan fingerprint density at radius 3 is 2.79 bits per heavy atom. The quantitative estimate of drug-likeness (QED) is 0.410. The van der Waals surface area contributed by atoms with Crippen LogP contribution in [0.25, 0.3) is 11.0 Å². The van der Waals surface area contributed by atoms with E-state index in [9.17, 15) is 4.79 Å². The van der Waals surface area contributed by atoms with Gasteiger partial charge in [0.1, 0.15) is 5.82 Å². The molecular formula is C21H28N6OS. The molecule has 0 spiro atoms. The largest absolute Gasteiger partial charge is 0.369 e. The summed E-state index contributed by atoms with van der Waals surface area (Å²) in [7, 11) is 0. The van der Waals surface area contributed by atoms with Gasteiger partial charge in [0.25, 0.3) is 5.91 Å². The van der Waals surface area contributed by atoms with Crippen molar-refractivity contribution >= 4 is 34.5 Å². The fraction of sp³-hybridized carbons (Fsp3) is 0.429. The number of fused-ring (bicyclic) bond motifs is 1. The number of carbonyl (C=O) groups excluding carboxylic acids is 1. The molecule has 7 nitrogen and oxygen atoms in total. The van der Waals surface area contributed by atoms with E-state index in [4.69, 9.17) is 4.98 Å². The molecule has 1 amide bonds. The number of anilines is 1. The van der Waals surface area contributed by atoms with Gasteiger partial charge >= 0.3 is 0 Å². The lowest BCUT2D eigenvalue weighted by atomic mass is 10.1. The number of rotatable bonds is 9. The number of benzene rings is 1. The third-order valence-corrected chi connectivity index (χ3v) is 5.11. The van der Waals surface area contributed by atoms with E-state index in [-0.39, 0.29) is 5.91 Å². The molecule has 3 aromatic rings. The number of nitrogens with one attached hydrogen (secondary N) is 2. The molecule has 2 aromatic heterocycles. The standard InChI is InChI=1S/C21H28N6OS/c1-5-9-22-18-17-13-24-27(19(17)26-21(25-18)29-14(2)3)11-10-23-20(28)16-8-6-7-15(4)12-16/h6-8,12-14H,5,9-11H2,1-4H3,(H,23,28)(H,22,25,26). The number of nitrogens with zero attached hydrogens (tertiary/aromatic N) is 4. The predicted octanol–water partition coefficient (Wildman–Crippen LogP) is 3.89. The van der Waals surface area contributed by atoms with Crippen molar-refractivity contribution in [1.82, 2.24) is 25.1 Å². The first kappa shape index (κ1) is 21.1. The summed E-state index contributed by atoms with van der Waals surface area (Å²) in [6.07, 6.45) is 2.80. The number of aryl methyl sites for hydroxylation is 1. The minimum Gasteiger partial charge on any atom is -0.369 e. The molecule has 2 heterocycles. The summed E-state index contributed by atoms with van der Waals surface area (Å²) in [6, 6.07) is 7.57. The molecule has 3 rings (SSSR count). The Hall–Kier alpha value is -2.61. The monoisotopic (exact) mass is 412 g/mol. The number of carbonyl (C=O) groups is 1. The van der Waals surface area contributed by atoms with Gasteiger partial charge in [-0.15, -0.1) is 0 Å². The van der Waals surface area contributed by atoms with Crippen molar-refractivity contribution < 1.29 is 4.79 Å². The van der Waals surface area contributed by atoms with Crippen LogP contribution in [0.15, 0.2) is 35.6 Å². The summed E-state index contributed by atoms with van der Waals surface area (Å²) in [4.78, 5) is 21.7. The normalized spacial score (nSPS) is 11.2. The van der Waals surface area contributed by atoms with E-state index in [1.54, 1.807) is 18.0 Å². The third kappa shape index (κ3) is 5.47. The van der Waals surface area contributed by atoms with Crippen LogP contribution >= 0.6 is 11.8 Å². The van der Waals surface area contributed by atoms with Gasteiger partial charge in [-0.05, 0) is 25.5 Å². The number of amides is 1. The second-order valence-corrected chi connectivity index (χ2v) is 8.72. The van der Waals surface area contributed by atoms with Crippen LogP contribution in [0.1, 0.15) is 43.1 Å². The van der Waals surface area contributed by atoms with Crippen LogP contribution in [0.2, 0.25) is 0 Å².